The van der Waals surface area contributed by atoms with Gasteiger partial charge in [-0.1, -0.05) is 18.2 Å². The van der Waals surface area contributed by atoms with Crippen LogP contribution in [0.4, 0.5) is 0 Å². The Hall–Kier alpha value is -1.36. The molecule has 0 saturated carbocycles. The Bertz CT molecular complexity index is 499. The number of para-hydroxylation sites is 1. The zero-order valence-electron chi connectivity index (χ0n) is 11.0. The van der Waals surface area contributed by atoms with Gasteiger partial charge in [-0.15, -0.1) is 0 Å². The second-order valence-corrected chi connectivity index (χ2v) is 5.20. The number of hydrogen-bond acceptors (Lipinski definition) is 4. The zero-order valence-corrected chi connectivity index (χ0v) is 11.0. The van der Waals surface area contributed by atoms with Gasteiger partial charge in [-0.05, 0) is 37.3 Å². The molecular weight excluding hydrogens is 240 g/mol. The predicted octanol–water partition coefficient (Wildman–Crippen LogP) is 2.75. The number of ether oxygens (including phenoxy) is 1. The Morgan fingerprint density at radius 2 is 2.05 bits per heavy atom. The topological polar surface area (TPSA) is 60.4 Å². The highest BCUT2D eigenvalue weighted by atomic mass is 16.5. The molecule has 102 valence electrons. The highest BCUT2D eigenvalue weighted by molar-refractivity contribution is 5.77. The van der Waals surface area contributed by atoms with Crippen molar-refractivity contribution in [3.63, 3.8) is 0 Å². The Morgan fingerprint density at radius 1 is 1.26 bits per heavy atom. The quantitative estimate of drug-likeness (QED) is 0.655. The second-order valence-electron chi connectivity index (χ2n) is 5.20. The van der Waals surface area contributed by atoms with Crippen LogP contribution in [0.25, 0.3) is 11.0 Å². The van der Waals surface area contributed by atoms with Gasteiger partial charge in [-0.3, -0.25) is 5.84 Å². The standard InChI is InChI=1S/C15H20N2O2/c16-17-13(9-11-5-7-18-8-6-11)15-10-12-3-1-2-4-14(12)19-15/h1-4,10-11,13,17H,5-9,16H2. The molecular formula is C15H20N2O2. The number of benzene rings is 1. The molecule has 0 spiro atoms. The van der Waals surface area contributed by atoms with Gasteiger partial charge in [0.1, 0.15) is 11.3 Å². The molecule has 1 aliphatic heterocycles. The van der Waals surface area contributed by atoms with Crippen LogP contribution in [-0.2, 0) is 4.74 Å². The molecule has 0 aliphatic carbocycles. The molecule has 0 amide bonds. The van der Waals surface area contributed by atoms with E-state index in [1.807, 2.05) is 18.2 Å². The summed E-state index contributed by atoms with van der Waals surface area (Å²) in [5.74, 6) is 7.28. The van der Waals surface area contributed by atoms with Gasteiger partial charge in [0, 0.05) is 18.6 Å². The van der Waals surface area contributed by atoms with Gasteiger partial charge in [-0.2, -0.15) is 0 Å². The van der Waals surface area contributed by atoms with E-state index in [1.54, 1.807) is 0 Å². The summed E-state index contributed by atoms with van der Waals surface area (Å²) in [6.45, 7) is 1.73. The first-order valence-electron chi connectivity index (χ1n) is 6.89. The SMILES string of the molecule is NNC(CC1CCOCC1)c1cc2ccccc2o1. The highest BCUT2D eigenvalue weighted by Gasteiger charge is 2.22. The minimum atomic E-state index is 0.0792. The van der Waals surface area contributed by atoms with E-state index in [9.17, 15) is 0 Å². The predicted molar refractivity (Wildman–Crippen MR) is 74.4 cm³/mol. The van der Waals surface area contributed by atoms with Crippen LogP contribution in [0.2, 0.25) is 0 Å². The van der Waals surface area contributed by atoms with E-state index in [-0.39, 0.29) is 6.04 Å². The first kappa shape index (κ1) is 12.7. The minimum absolute atomic E-state index is 0.0792. The maximum Gasteiger partial charge on any atom is 0.134 e. The van der Waals surface area contributed by atoms with Gasteiger partial charge in [0.15, 0.2) is 0 Å². The van der Waals surface area contributed by atoms with E-state index >= 15 is 0 Å². The van der Waals surface area contributed by atoms with Crippen molar-refractivity contribution in [1.29, 1.82) is 0 Å². The van der Waals surface area contributed by atoms with Gasteiger partial charge in [-0.25, -0.2) is 5.43 Å². The first-order valence-corrected chi connectivity index (χ1v) is 6.89. The van der Waals surface area contributed by atoms with Crippen LogP contribution in [0.5, 0.6) is 0 Å². The fourth-order valence-corrected chi connectivity index (χ4v) is 2.76. The van der Waals surface area contributed by atoms with Crippen molar-refractivity contribution in [2.75, 3.05) is 13.2 Å². The van der Waals surface area contributed by atoms with Crippen molar-refractivity contribution in [3.8, 4) is 0 Å². The molecule has 4 heteroatoms. The van der Waals surface area contributed by atoms with Crippen LogP contribution in [0.3, 0.4) is 0 Å². The molecule has 3 rings (SSSR count). The van der Waals surface area contributed by atoms with E-state index in [0.717, 1.165) is 49.2 Å². The molecule has 1 unspecified atom stereocenters. The fourth-order valence-electron chi connectivity index (χ4n) is 2.76. The number of fused-ring (bicyclic) bond motifs is 1. The zero-order chi connectivity index (χ0) is 13.1. The third-order valence-electron chi connectivity index (χ3n) is 3.90. The van der Waals surface area contributed by atoms with E-state index in [4.69, 9.17) is 15.0 Å². The Morgan fingerprint density at radius 3 is 2.79 bits per heavy atom. The number of furan rings is 1. The smallest absolute Gasteiger partial charge is 0.134 e. The lowest BCUT2D eigenvalue weighted by Gasteiger charge is -2.25. The number of rotatable bonds is 4. The summed E-state index contributed by atoms with van der Waals surface area (Å²) in [5, 5.41) is 1.13. The lowest BCUT2D eigenvalue weighted by atomic mass is 9.92. The monoisotopic (exact) mass is 260 g/mol. The highest BCUT2D eigenvalue weighted by Crippen LogP contribution is 2.30. The molecule has 1 fully saturated rings. The summed E-state index contributed by atoms with van der Waals surface area (Å²) in [6.07, 6.45) is 3.22. The molecule has 2 aromatic rings. The van der Waals surface area contributed by atoms with Gasteiger partial charge in [0.05, 0.1) is 6.04 Å². The molecule has 1 aliphatic rings. The molecule has 3 N–H and O–H groups in total. The van der Waals surface area contributed by atoms with Crippen molar-refractivity contribution in [2.24, 2.45) is 11.8 Å². The van der Waals surface area contributed by atoms with Crippen LogP contribution in [0.1, 0.15) is 31.1 Å². The molecule has 1 aromatic heterocycles. The van der Waals surface area contributed by atoms with Gasteiger partial charge in [0.25, 0.3) is 0 Å². The fraction of sp³-hybridized carbons (Fsp3) is 0.467. The summed E-state index contributed by atoms with van der Waals surface area (Å²) >= 11 is 0. The van der Waals surface area contributed by atoms with Crippen LogP contribution < -0.4 is 11.3 Å². The average molecular weight is 260 g/mol. The van der Waals surface area contributed by atoms with Crippen molar-refractivity contribution >= 4 is 11.0 Å². The van der Waals surface area contributed by atoms with Crippen molar-refractivity contribution in [1.82, 2.24) is 5.43 Å². The van der Waals surface area contributed by atoms with Gasteiger partial charge < -0.3 is 9.15 Å². The van der Waals surface area contributed by atoms with Crippen molar-refractivity contribution in [2.45, 2.75) is 25.3 Å². The largest absolute Gasteiger partial charge is 0.459 e. The lowest BCUT2D eigenvalue weighted by molar-refractivity contribution is 0.0597. The first-order chi connectivity index (χ1) is 9.36. The number of nitrogens with one attached hydrogen (secondary N) is 1. The van der Waals surface area contributed by atoms with E-state index in [1.165, 1.54) is 0 Å². The number of nitrogens with two attached hydrogens (primary N) is 1. The summed E-state index contributed by atoms with van der Waals surface area (Å²) in [7, 11) is 0. The van der Waals surface area contributed by atoms with Crippen LogP contribution >= 0.6 is 0 Å². The lowest BCUT2D eigenvalue weighted by Crippen LogP contribution is -2.30. The third-order valence-corrected chi connectivity index (χ3v) is 3.90. The molecule has 0 bridgehead atoms. The molecule has 1 aromatic carbocycles. The molecule has 0 radical (unpaired) electrons. The summed E-state index contributed by atoms with van der Waals surface area (Å²) < 4.78 is 11.3. The minimum Gasteiger partial charge on any atom is -0.459 e. The summed E-state index contributed by atoms with van der Waals surface area (Å²) in [6, 6.07) is 10.2. The molecule has 4 nitrogen and oxygen atoms in total. The van der Waals surface area contributed by atoms with Crippen LogP contribution in [0, 0.1) is 5.92 Å². The number of hydrazine groups is 1. The maximum atomic E-state index is 5.89. The molecule has 1 atom stereocenters. The Balaban J connectivity index is 1.76. The van der Waals surface area contributed by atoms with Gasteiger partial charge >= 0.3 is 0 Å². The van der Waals surface area contributed by atoms with Crippen molar-refractivity contribution < 1.29 is 9.15 Å². The maximum absolute atomic E-state index is 5.89. The van der Waals surface area contributed by atoms with Crippen molar-refractivity contribution in [3.05, 3.63) is 36.1 Å². The molecule has 1 saturated heterocycles. The summed E-state index contributed by atoms with van der Waals surface area (Å²) in [5.41, 5.74) is 3.81. The average Bonchev–Trinajstić information content (AvgIpc) is 2.89. The number of hydrogen-bond donors (Lipinski definition) is 2. The summed E-state index contributed by atoms with van der Waals surface area (Å²) in [4.78, 5) is 0. The van der Waals surface area contributed by atoms with Crippen LogP contribution in [-0.4, -0.2) is 13.2 Å². The van der Waals surface area contributed by atoms with Crippen LogP contribution in [0.15, 0.2) is 34.7 Å². The van der Waals surface area contributed by atoms with Gasteiger partial charge in [0.2, 0.25) is 0 Å². The Kier molecular flexibility index (Phi) is 3.82. The van der Waals surface area contributed by atoms with E-state index < -0.39 is 0 Å². The molecule has 2 heterocycles. The Labute approximate surface area is 112 Å². The second kappa shape index (κ2) is 5.74. The van der Waals surface area contributed by atoms with E-state index in [0.29, 0.717) is 5.92 Å². The van der Waals surface area contributed by atoms with E-state index in [2.05, 4.69) is 17.6 Å². The molecule has 19 heavy (non-hydrogen) atoms. The normalized spacial score (nSPS) is 18.8. The third kappa shape index (κ3) is 2.81.